The van der Waals surface area contributed by atoms with E-state index in [1.807, 2.05) is 6.92 Å². The van der Waals surface area contributed by atoms with Gasteiger partial charge in [-0.05, 0) is 32.1 Å². The Kier molecular flexibility index (Phi) is 23.9. The van der Waals surface area contributed by atoms with E-state index in [0.29, 0.717) is 25.7 Å². The highest BCUT2D eigenvalue weighted by Crippen LogP contribution is 2.47. The van der Waals surface area contributed by atoms with E-state index >= 15 is 0 Å². The number of carboxylic acid groups (broad SMARTS) is 4. The second-order valence-corrected chi connectivity index (χ2v) is 16.5. The van der Waals surface area contributed by atoms with Crippen molar-refractivity contribution in [3.8, 4) is 0 Å². The molecule has 0 bridgehead atoms. The molecule has 0 heterocycles. The standard InChI is InChI=1S/C20H38O7S.C14H26O7S/c1-3-5-7-9-11-13-15-17(18(21)22)20(19(23)24,28(25,26)27)16-14-12-10-8-6-4-2;1-4-7-8-9-10-14(12(17)18,22(19,20)21)13(5-2,6-3)11(15)16/h17H,3-16H2,1-2H3,(H,21,22)(H,23,24)(H,25,26,27);4-10H2,1-3H3,(H,15,16)(H,17,18)(H,19,20,21). The molecule has 0 aliphatic heterocycles. The van der Waals surface area contributed by atoms with Gasteiger partial charge in [0.15, 0.2) is 0 Å². The molecule has 50 heavy (non-hydrogen) atoms. The molecule has 0 aliphatic rings. The van der Waals surface area contributed by atoms with Crippen LogP contribution in [0.1, 0.15) is 169 Å². The minimum atomic E-state index is -5.12. The third kappa shape index (κ3) is 13.4. The molecule has 0 fully saturated rings. The van der Waals surface area contributed by atoms with E-state index < -0.39 is 71.4 Å². The molecule has 3 unspecified atom stereocenters. The van der Waals surface area contributed by atoms with Crippen molar-refractivity contribution in [2.24, 2.45) is 11.3 Å². The zero-order valence-corrected chi connectivity index (χ0v) is 32.3. The summed E-state index contributed by atoms with van der Waals surface area (Å²) in [6.07, 6.45) is 11.0. The van der Waals surface area contributed by atoms with Gasteiger partial charge in [0, 0.05) is 0 Å². The van der Waals surface area contributed by atoms with Gasteiger partial charge >= 0.3 is 23.9 Å². The summed E-state index contributed by atoms with van der Waals surface area (Å²) in [7, 11) is -10.2. The van der Waals surface area contributed by atoms with Crippen LogP contribution < -0.4 is 0 Å². The molecule has 0 rings (SSSR count). The van der Waals surface area contributed by atoms with Gasteiger partial charge in [-0.15, -0.1) is 0 Å². The molecule has 3 atom stereocenters. The van der Waals surface area contributed by atoms with Crippen LogP contribution in [0.3, 0.4) is 0 Å². The Labute approximate surface area is 299 Å². The Balaban J connectivity index is 0. The molecule has 0 spiro atoms. The van der Waals surface area contributed by atoms with Crippen molar-refractivity contribution in [1.29, 1.82) is 0 Å². The molecule has 16 heteroatoms. The van der Waals surface area contributed by atoms with Gasteiger partial charge in [-0.25, -0.2) is 0 Å². The van der Waals surface area contributed by atoms with Gasteiger partial charge in [0.1, 0.15) is 0 Å². The fraction of sp³-hybridized carbons (Fsp3) is 0.882. The lowest BCUT2D eigenvalue weighted by molar-refractivity contribution is -0.161. The first kappa shape index (κ1) is 49.8. The average Bonchev–Trinajstić information content (AvgIpc) is 3.01. The summed E-state index contributed by atoms with van der Waals surface area (Å²) in [5.74, 6) is -8.26. The van der Waals surface area contributed by atoms with E-state index in [0.717, 1.165) is 64.2 Å². The molecular formula is C34H64O14S2. The summed E-state index contributed by atoms with van der Waals surface area (Å²) in [5.41, 5.74) is -2.07. The Morgan fingerprint density at radius 2 is 0.880 bits per heavy atom. The highest BCUT2D eigenvalue weighted by Gasteiger charge is 2.67. The first-order valence-corrected chi connectivity index (χ1v) is 21.0. The summed E-state index contributed by atoms with van der Waals surface area (Å²) in [6, 6.07) is 0. The number of carboxylic acids is 4. The van der Waals surface area contributed by atoms with E-state index in [9.17, 15) is 65.5 Å². The van der Waals surface area contributed by atoms with Crippen LogP contribution in [0, 0.1) is 11.3 Å². The molecule has 0 aromatic carbocycles. The number of rotatable bonds is 29. The summed E-state index contributed by atoms with van der Waals surface area (Å²) < 4.78 is 62.0. The maximum absolute atomic E-state index is 12.1. The third-order valence-electron chi connectivity index (χ3n) is 9.99. The van der Waals surface area contributed by atoms with E-state index in [1.54, 1.807) is 0 Å². The minimum Gasteiger partial charge on any atom is -0.481 e. The van der Waals surface area contributed by atoms with Crippen LogP contribution in [-0.4, -0.2) is 79.7 Å². The third-order valence-corrected chi connectivity index (χ3v) is 13.2. The first-order valence-electron chi connectivity index (χ1n) is 18.1. The highest BCUT2D eigenvalue weighted by atomic mass is 32.2. The summed E-state index contributed by atoms with van der Waals surface area (Å²) in [4.78, 5) is 47.3. The van der Waals surface area contributed by atoms with Crippen LogP contribution in [0.25, 0.3) is 0 Å². The van der Waals surface area contributed by atoms with Crippen molar-refractivity contribution in [3.63, 3.8) is 0 Å². The molecule has 6 N–H and O–H groups in total. The van der Waals surface area contributed by atoms with Crippen LogP contribution in [0.2, 0.25) is 0 Å². The fourth-order valence-electron chi connectivity index (χ4n) is 6.84. The fourth-order valence-corrected chi connectivity index (χ4v) is 9.53. The van der Waals surface area contributed by atoms with Gasteiger partial charge in [0.25, 0.3) is 20.2 Å². The van der Waals surface area contributed by atoms with Crippen LogP contribution in [-0.2, 0) is 39.4 Å². The predicted molar refractivity (Wildman–Crippen MR) is 190 cm³/mol. The Morgan fingerprint density at radius 1 is 0.500 bits per heavy atom. The van der Waals surface area contributed by atoms with Crippen molar-refractivity contribution in [3.05, 3.63) is 0 Å². The van der Waals surface area contributed by atoms with E-state index in [-0.39, 0.29) is 38.5 Å². The van der Waals surface area contributed by atoms with Gasteiger partial charge in [-0.1, -0.05) is 137 Å². The SMILES string of the molecule is CCCCCCC(C(=O)O)(C(CC)(CC)C(=O)O)S(=O)(=O)O.CCCCCCCCC(C(=O)O)C(CCCCCCCC)(C(=O)O)S(=O)(=O)O. The largest absolute Gasteiger partial charge is 0.481 e. The number of hydrogen-bond donors (Lipinski definition) is 6. The van der Waals surface area contributed by atoms with E-state index in [4.69, 9.17) is 0 Å². The smallest absolute Gasteiger partial charge is 0.328 e. The van der Waals surface area contributed by atoms with Gasteiger partial charge in [0.05, 0.1) is 11.3 Å². The number of carbonyl (C=O) groups is 4. The second-order valence-electron chi connectivity index (χ2n) is 13.1. The highest BCUT2D eigenvalue weighted by molar-refractivity contribution is 7.88. The first-order chi connectivity index (χ1) is 23.2. The Morgan fingerprint density at radius 3 is 1.20 bits per heavy atom. The number of unbranched alkanes of at least 4 members (excludes halogenated alkanes) is 13. The Hall–Kier alpha value is -2.30. The van der Waals surface area contributed by atoms with Gasteiger partial charge in [-0.2, -0.15) is 16.8 Å². The molecule has 0 aliphatic carbocycles. The minimum absolute atomic E-state index is 0.0800. The lowest BCUT2D eigenvalue weighted by Gasteiger charge is -2.41. The molecule has 296 valence electrons. The molecule has 0 aromatic rings. The van der Waals surface area contributed by atoms with Crippen molar-refractivity contribution in [1.82, 2.24) is 0 Å². The molecule has 0 amide bonds. The van der Waals surface area contributed by atoms with Gasteiger partial charge in [-0.3, -0.25) is 28.3 Å². The molecule has 14 nitrogen and oxygen atoms in total. The van der Waals surface area contributed by atoms with Crippen LogP contribution in [0.4, 0.5) is 0 Å². The average molecular weight is 761 g/mol. The van der Waals surface area contributed by atoms with E-state index in [1.165, 1.54) is 13.8 Å². The maximum Gasteiger partial charge on any atom is 0.328 e. The second kappa shape index (κ2) is 24.0. The normalized spacial score (nSPS) is 15.2. The quantitative estimate of drug-likeness (QED) is 0.0319. The van der Waals surface area contributed by atoms with Gasteiger partial charge < -0.3 is 20.4 Å². The molecular weight excluding hydrogens is 696 g/mol. The summed E-state index contributed by atoms with van der Waals surface area (Å²) in [5, 5.41) is 38.4. The van der Waals surface area contributed by atoms with Crippen molar-refractivity contribution >= 4 is 44.1 Å². The molecule has 0 saturated carbocycles. The summed E-state index contributed by atoms with van der Waals surface area (Å²) in [6.45, 7) is 8.93. The lowest BCUT2D eigenvalue weighted by Crippen LogP contribution is -2.62. The topological polar surface area (TPSA) is 258 Å². The zero-order valence-electron chi connectivity index (χ0n) is 30.7. The molecule has 0 saturated heterocycles. The predicted octanol–water partition coefficient (Wildman–Crippen LogP) is 7.46. The lowest BCUT2D eigenvalue weighted by atomic mass is 9.68. The zero-order chi connectivity index (χ0) is 39.2. The molecule has 0 radical (unpaired) electrons. The number of hydrogen-bond acceptors (Lipinski definition) is 8. The number of aliphatic carboxylic acids is 4. The van der Waals surface area contributed by atoms with Crippen molar-refractivity contribution < 1.29 is 65.5 Å². The Bertz CT molecular complexity index is 1240. The van der Waals surface area contributed by atoms with Crippen LogP contribution >= 0.6 is 0 Å². The van der Waals surface area contributed by atoms with Crippen molar-refractivity contribution in [2.45, 2.75) is 179 Å². The maximum atomic E-state index is 12.1. The van der Waals surface area contributed by atoms with Crippen molar-refractivity contribution in [2.75, 3.05) is 0 Å². The molecule has 0 aromatic heterocycles. The monoisotopic (exact) mass is 760 g/mol. The van der Waals surface area contributed by atoms with E-state index in [2.05, 4.69) is 13.8 Å². The summed E-state index contributed by atoms with van der Waals surface area (Å²) >= 11 is 0. The van der Waals surface area contributed by atoms with Gasteiger partial charge in [0.2, 0.25) is 9.49 Å². The van der Waals surface area contributed by atoms with Crippen LogP contribution in [0.5, 0.6) is 0 Å². The van der Waals surface area contributed by atoms with Crippen LogP contribution in [0.15, 0.2) is 0 Å².